The molecule has 116 valence electrons. The van der Waals surface area contributed by atoms with Crippen molar-refractivity contribution >= 4 is 23.8 Å². The second-order valence-corrected chi connectivity index (χ2v) is 7.49. The zero-order valence-corrected chi connectivity index (χ0v) is 13.5. The summed E-state index contributed by atoms with van der Waals surface area (Å²) in [6, 6.07) is 8.45. The summed E-state index contributed by atoms with van der Waals surface area (Å²) in [5.41, 5.74) is 9.53. The lowest BCUT2D eigenvalue weighted by atomic mass is 9.86. The van der Waals surface area contributed by atoms with Crippen molar-refractivity contribution in [3.05, 3.63) is 35.4 Å². The van der Waals surface area contributed by atoms with Crippen molar-refractivity contribution in [3.8, 4) is 0 Å². The molecule has 1 saturated heterocycles. The third-order valence-electron chi connectivity index (χ3n) is 4.70. The predicted molar refractivity (Wildman–Crippen MR) is 85.9 cm³/mol. The van der Waals surface area contributed by atoms with Gasteiger partial charge >= 0.3 is 6.21 Å². The molecule has 0 unspecified atom stereocenters. The van der Waals surface area contributed by atoms with Gasteiger partial charge in [0, 0.05) is 11.3 Å². The van der Waals surface area contributed by atoms with E-state index < -0.39 is 0 Å². The Bertz CT molecular complexity index is 610. The van der Waals surface area contributed by atoms with Gasteiger partial charge in [-0.05, 0) is 44.2 Å². The normalized spacial score (nSPS) is 29.9. The lowest BCUT2D eigenvalue weighted by Gasteiger charge is -2.27. The Balaban J connectivity index is 1.69. The van der Waals surface area contributed by atoms with Crippen molar-refractivity contribution in [2.75, 3.05) is 0 Å². The topological polar surface area (TPSA) is 62.7 Å². The van der Waals surface area contributed by atoms with E-state index in [4.69, 9.17) is 10.3 Å². The fourth-order valence-corrected chi connectivity index (χ4v) is 4.83. The lowest BCUT2D eigenvalue weighted by molar-refractivity contribution is -0.122. The molecule has 22 heavy (non-hydrogen) atoms. The highest BCUT2D eigenvalue weighted by atomic mass is 32.2. The molecular weight excluding hydrogens is 296 g/mol. The number of thioether (sulfide) groups is 1. The van der Waals surface area contributed by atoms with E-state index in [0.717, 1.165) is 31.9 Å². The van der Waals surface area contributed by atoms with Gasteiger partial charge in [0.2, 0.25) is 5.78 Å². The van der Waals surface area contributed by atoms with E-state index >= 15 is 0 Å². The quantitative estimate of drug-likeness (QED) is 0.473. The molecule has 2 fully saturated rings. The lowest BCUT2D eigenvalue weighted by Crippen LogP contribution is -2.34. The smallest absolute Gasteiger partial charge is 0.323 e. The molecule has 1 aromatic carbocycles. The third-order valence-corrected chi connectivity index (χ3v) is 5.80. The number of carbonyl (C=O) groups excluding carboxylic acids is 1. The van der Waals surface area contributed by atoms with Crippen LogP contribution in [0.4, 0.5) is 0 Å². The van der Waals surface area contributed by atoms with Gasteiger partial charge in [-0.2, -0.15) is 4.79 Å². The SMILES string of the molecule is Cc1ccc(S[C@H]2C[C@H]3CCC[C@@]3(CC(=O)C=[N+]=[N-])O2)cc1. The van der Waals surface area contributed by atoms with Crippen LogP contribution in [0.5, 0.6) is 0 Å². The van der Waals surface area contributed by atoms with Crippen LogP contribution in [0, 0.1) is 12.8 Å². The fraction of sp³-hybridized carbons (Fsp3) is 0.529. The van der Waals surface area contributed by atoms with Crippen LogP contribution in [0.15, 0.2) is 29.2 Å². The number of hydrogen-bond donors (Lipinski definition) is 0. The molecule has 0 radical (unpaired) electrons. The Morgan fingerprint density at radius 2 is 2.27 bits per heavy atom. The molecule has 1 saturated carbocycles. The minimum atomic E-state index is -0.347. The maximum absolute atomic E-state index is 11.8. The van der Waals surface area contributed by atoms with Crippen LogP contribution in [0.1, 0.15) is 37.7 Å². The number of benzene rings is 1. The molecule has 0 bridgehead atoms. The van der Waals surface area contributed by atoms with E-state index in [2.05, 4.69) is 36.0 Å². The average molecular weight is 316 g/mol. The molecule has 3 atom stereocenters. The number of rotatable bonds is 5. The molecular formula is C17H20N2O2S. The number of carbonyl (C=O) groups is 1. The van der Waals surface area contributed by atoms with Crippen LogP contribution in [0.2, 0.25) is 0 Å². The second-order valence-electron chi connectivity index (χ2n) is 6.26. The highest BCUT2D eigenvalue weighted by Crippen LogP contribution is 2.52. The Morgan fingerprint density at radius 1 is 1.50 bits per heavy atom. The highest BCUT2D eigenvalue weighted by Gasteiger charge is 2.52. The number of nitrogens with zero attached hydrogens (tertiary/aromatic N) is 2. The van der Waals surface area contributed by atoms with Gasteiger partial charge in [-0.1, -0.05) is 35.9 Å². The molecule has 4 nitrogen and oxygen atoms in total. The first-order valence-electron chi connectivity index (χ1n) is 7.73. The first kappa shape index (κ1) is 15.5. The van der Waals surface area contributed by atoms with E-state index in [0.29, 0.717) is 12.3 Å². The summed E-state index contributed by atoms with van der Waals surface area (Å²) < 4.78 is 6.32. The molecule has 1 heterocycles. The summed E-state index contributed by atoms with van der Waals surface area (Å²) in [6.07, 6.45) is 5.46. The maximum Gasteiger partial charge on any atom is 0.323 e. The molecule has 0 spiro atoms. The summed E-state index contributed by atoms with van der Waals surface area (Å²) in [4.78, 5) is 15.9. The number of hydrogen-bond acceptors (Lipinski definition) is 3. The van der Waals surface area contributed by atoms with Gasteiger partial charge in [0.25, 0.3) is 0 Å². The molecule has 0 amide bonds. The summed E-state index contributed by atoms with van der Waals surface area (Å²) >= 11 is 1.74. The Labute approximate surface area is 134 Å². The number of ether oxygens (including phenoxy) is 1. The Kier molecular flexibility index (Phi) is 4.48. The predicted octanol–water partition coefficient (Wildman–Crippen LogP) is 3.63. The summed E-state index contributed by atoms with van der Waals surface area (Å²) in [5, 5.41) is 0. The molecule has 0 N–H and O–H groups in total. The molecule has 1 aliphatic carbocycles. The van der Waals surface area contributed by atoms with Crippen LogP contribution in [-0.4, -0.2) is 27.8 Å². The van der Waals surface area contributed by atoms with E-state index in [9.17, 15) is 4.79 Å². The van der Waals surface area contributed by atoms with Crippen LogP contribution in [-0.2, 0) is 9.53 Å². The zero-order valence-electron chi connectivity index (χ0n) is 12.7. The summed E-state index contributed by atoms with van der Waals surface area (Å²) in [7, 11) is 0. The molecule has 5 heteroatoms. The van der Waals surface area contributed by atoms with E-state index in [-0.39, 0.29) is 16.8 Å². The standard InChI is InChI=1S/C17H20N2O2S/c1-12-4-6-15(7-5-12)22-16-9-13-3-2-8-17(13,21-16)10-14(20)11-19-18/h4-7,11,13,16H,2-3,8-10H2,1H3/t13-,16+,17+/m1/s1. The third kappa shape index (κ3) is 3.17. The van der Waals surface area contributed by atoms with Crippen molar-refractivity contribution in [2.45, 2.75) is 55.0 Å². The summed E-state index contributed by atoms with van der Waals surface area (Å²) in [5.74, 6) is 0.280. The highest BCUT2D eigenvalue weighted by molar-refractivity contribution is 7.99. The Morgan fingerprint density at radius 3 is 3.00 bits per heavy atom. The van der Waals surface area contributed by atoms with Crippen LogP contribution < -0.4 is 0 Å². The largest absolute Gasteiger partial charge is 0.361 e. The molecule has 1 aromatic rings. The van der Waals surface area contributed by atoms with Crippen LogP contribution in [0.25, 0.3) is 5.53 Å². The van der Waals surface area contributed by atoms with Crippen molar-refractivity contribution in [3.63, 3.8) is 0 Å². The molecule has 1 aliphatic heterocycles. The molecule has 0 aromatic heterocycles. The zero-order chi connectivity index (χ0) is 15.6. The number of fused-ring (bicyclic) bond motifs is 1. The van der Waals surface area contributed by atoms with Gasteiger partial charge < -0.3 is 10.3 Å². The monoisotopic (exact) mass is 316 g/mol. The second kappa shape index (κ2) is 6.37. The van der Waals surface area contributed by atoms with Gasteiger partial charge in [-0.25, -0.2) is 0 Å². The van der Waals surface area contributed by atoms with E-state index in [1.807, 2.05) is 0 Å². The maximum atomic E-state index is 11.8. The van der Waals surface area contributed by atoms with Gasteiger partial charge in [-0.15, -0.1) is 0 Å². The van der Waals surface area contributed by atoms with Crippen molar-refractivity contribution in [2.24, 2.45) is 5.92 Å². The van der Waals surface area contributed by atoms with Gasteiger partial charge in [-0.3, -0.25) is 4.79 Å². The van der Waals surface area contributed by atoms with Gasteiger partial charge in [0.15, 0.2) is 0 Å². The minimum Gasteiger partial charge on any atom is -0.361 e. The first-order valence-corrected chi connectivity index (χ1v) is 8.61. The Hall–Kier alpha value is -1.42. The van der Waals surface area contributed by atoms with Crippen molar-refractivity contribution in [1.29, 1.82) is 0 Å². The number of aryl methyl sites for hydroxylation is 1. The first-order chi connectivity index (χ1) is 10.6. The van der Waals surface area contributed by atoms with Crippen molar-refractivity contribution in [1.82, 2.24) is 0 Å². The number of Topliss-reactive ketones (excluding diaryl/α,β-unsaturated/α-hetero) is 1. The van der Waals surface area contributed by atoms with Crippen molar-refractivity contribution < 1.29 is 14.3 Å². The van der Waals surface area contributed by atoms with E-state index in [1.165, 1.54) is 10.5 Å². The summed E-state index contributed by atoms with van der Waals surface area (Å²) in [6.45, 7) is 2.08. The fourth-order valence-electron chi connectivity index (χ4n) is 3.66. The molecule has 2 aliphatic rings. The minimum absolute atomic E-state index is 0.104. The molecule has 3 rings (SSSR count). The van der Waals surface area contributed by atoms with Crippen LogP contribution >= 0.6 is 11.8 Å². The van der Waals surface area contributed by atoms with Gasteiger partial charge in [0.1, 0.15) is 5.44 Å². The number of ketones is 1. The van der Waals surface area contributed by atoms with E-state index in [1.54, 1.807) is 11.8 Å². The van der Waals surface area contributed by atoms with Gasteiger partial charge in [0.05, 0.1) is 5.60 Å². The average Bonchev–Trinajstić information content (AvgIpc) is 2.97. The van der Waals surface area contributed by atoms with Crippen LogP contribution in [0.3, 0.4) is 0 Å².